The number of pyridine rings is 1. The van der Waals surface area contributed by atoms with Crippen LogP contribution in [0.1, 0.15) is 19.4 Å². The van der Waals surface area contributed by atoms with E-state index in [0.29, 0.717) is 31.7 Å². The van der Waals surface area contributed by atoms with E-state index >= 15 is 0 Å². The number of carbonyl (C=O) groups is 1. The standard InChI is InChI=1S/C18H24N4O3S/c1-3-22(4-2)26(24,25)17-9-7-16(8-10-17)21-18(23)20-13-11-15-6-5-12-19-14-15/h5-10,12,14H,3-4,11,13H2,1-2H3,(H2,20,21,23). The summed E-state index contributed by atoms with van der Waals surface area (Å²) in [6.07, 6.45) is 4.14. The van der Waals surface area contributed by atoms with E-state index in [-0.39, 0.29) is 10.9 Å². The summed E-state index contributed by atoms with van der Waals surface area (Å²) in [5.74, 6) is 0. The molecule has 26 heavy (non-hydrogen) atoms. The van der Waals surface area contributed by atoms with E-state index in [4.69, 9.17) is 0 Å². The van der Waals surface area contributed by atoms with Crippen molar-refractivity contribution in [1.82, 2.24) is 14.6 Å². The van der Waals surface area contributed by atoms with Crippen LogP contribution in [0.2, 0.25) is 0 Å². The molecule has 2 rings (SSSR count). The largest absolute Gasteiger partial charge is 0.338 e. The van der Waals surface area contributed by atoms with Crippen molar-refractivity contribution in [2.24, 2.45) is 0 Å². The van der Waals surface area contributed by atoms with Crippen molar-refractivity contribution in [1.29, 1.82) is 0 Å². The van der Waals surface area contributed by atoms with Crippen LogP contribution in [0.5, 0.6) is 0 Å². The van der Waals surface area contributed by atoms with Gasteiger partial charge in [-0.15, -0.1) is 0 Å². The van der Waals surface area contributed by atoms with Gasteiger partial charge in [0.2, 0.25) is 10.0 Å². The van der Waals surface area contributed by atoms with Crippen LogP contribution in [-0.2, 0) is 16.4 Å². The smallest absolute Gasteiger partial charge is 0.319 e. The maximum atomic E-state index is 12.4. The van der Waals surface area contributed by atoms with Crippen LogP contribution in [0.3, 0.4) is 0 Å². The normalized spacial score (nSPS) is 11.3. The van der Waals surface area contributed by atoms with Crippen molar-refractivity contribution < 1.29 is 13.2 Å². The van der Waals surface area contributed by atoms with Crippen molar-refractivity contribution in [3.63, 3.8) is 0 Å². The quantitative estimate of drug-likeness (QED) is 0.740. The van der Waals surface area contributed by atoms with Gasteiger partial charge >= 0.3 is 6.03 Å². The van der Waals surface area contributed by atoms with Crippen LogP contribution in [0.4, 0.5) is 10.5 Å². The van der Waals surface area contributed by atoms with Gasteiger partial charge in [0.1, 0.15) is 0 Å². The molecular weight excluding hydrogens is 352 g/mol. The molecule has 1 aromatic carbocycles. The van der Waals surface area contributed by atoms with Crippen LogP contribution in [0.25, 0.3) is 0 Å². The molecule has 0 bridgehead atoms. The molecule has 2 amide bonds. The van der Waals surface area contributed by atoms with Gasteiger partial charge in [-0.2, -0.15) is 4.31 Å². The predicted molar refractivity (Wildman–Crippen MR) is 102 cm³/mol. The first-order valence-corrected chi connectivity index (χ1v) is 9.95. The lowest BCUT2D eigenvalue weighted by Gasteiger charge is -2.18. The molecule has 0 aliphatic heterocycles. The minimum absolute atomic E-state index is 0.212. The highest BCUT2D eigenvalue weighted by Crippen LogP contribution is 2.18. The van der Waals surface area contributed by atoms with Gasteiger partial charge in [-0.1, -0.05) is 19.9 Å². The van der Waals surface area contributed by atoms with E-state index in [1.165, 1.54) is 16.4 Å². The molecule has 140 valence electrons. The number of rotatable bonds is 8. The van der Waals surface area contributed by atoms with Crippen LogP contribution in [0.15, 0.2) is 53.7 Å². The number of benzene rings is 1. The molecule has 0 aliphatic rings. The average molecular weight is 376 g/mol. The molecule has 2 aromatic rings. The Hall–Kier alpha value is -2.45. The molecule has 0 spiro atoms. The summed E-state index contributed by atoms with van der Waals surface area (Å²) < 4.78 is 26.2. The number of sulfonamides is 1. The SMILES string of the molecule is CCN(CC)S(=O)(=O)c1ccc(NC(=O)NCCc2cccnc2)cc1. The predicted octanol–water partition coefficient (Wildman–Crippen LogP) is 2.48. The third-order valence-corrected chi connectivity index (χ3v) is 5.94. The van der Waals surface area contributed by atoms with Crippen molar-refractivity contribution >= 4 is 21.7 Å². The van der Waals surface area contributed by atoms with Crippen LogP contribution in [-0.4, -0.2) is 43.4 Å². The Morgan fingerprint density at radius 1 is 1.12 bits per heavy atom. The average Bonchev–Trinajstić information content (AvgIpc) is 2.64. The number of carbonyl (C=O) groups excluding carboxylic acids is 1. The fraction of sp³-hybridized carbons (Fsp3) is 0.333. The lowest BCUT2D eigenvalue weighted by Crippen LogP contribution is -2.31. The Kier molecular flexibility index (Phi) is 7.11. The van der Waals surface area contributed by atoms with Gasteiger partial charge in [0, 0.05) is 37.7 Å². The Bertz CT molecular complexity index is 804. The van der Waals surface area contributed by atoms with E-state index < -0.39 is 10.0 Å². The summed E-state index contributed by atoms with van der Waals surface area (Å²) in [5, 5.41) is 5.45. The van der Waals surface area contributed by atoms with E-state index in [1.807, 2.05) is 12.1 Å². The Balaban J connectivity index is 1.89. The van der Waals surface area contributed by atoms with Crippen LogP contribution in [0, 0.1) is 0 Å². The van der Waals surface area contributed by atoms with Gasteiger partial charge < -0.3 is 10.6 Å². The highest BCUT2D eigenvalue weighted by atomic mass is 32.2. The molecule has 1 heterocycles. The molecule has 0 atom stereocenters. The van der Waals surface area contributed by atoms with Gasteiger partial charge in [0.25, 0.3) is 0 Å². The third-order valence-electron chi connectivity index (χ3n) is 3.88. The first kappa shape index (κ1) is 19.9. The van der Waals surface area contributed by atoms with Crippen molar-refractivity contribution in [3.8, 4) is 0 Å². The Labute approximate surface area is 154 Å². The van der Waals surface area contributed by atoms with Gasteiger partial charge in [-0.25, -0.2) is 13.2 Å². The lowest BCUT2D eigenvalue weighted by molar-refractivity contribution is 0.252. The number of anilines is 1. The molecule has 0 saturated carbocycles. The molecule has 8 heteroatoms. The molecule has 2 N–H and O–H groups in total. The van der Waals surface area contributed by atoms with Gasteiger partial charge in [0.05, 0.1) is 4.90 Å². The maximum Gasteiger partial charge on any atom is 0.319 e. The summed E-state index contributed by atoms with van der Waals surface area (Å²) in [4.78, 5) is 16.2. The summed E-state index contributed by atoms with van der Waals surface area (Å²) >= 11 is 0. The number of hydrogen-bond donors (Lipinski definition) is 2. The van der Waals surface area contributed by atoms with Crippen molar-refractivity contribution in [2.75, 3.05) is 25.0 Å². The fourth-order valence-corrected chi connectivity index (χ4v) is 3.92. The first-order chi connectivity index (χ1) is 12.5. The van der Waals surface area contributed by atoms with E-state index in [2.05, 4.69) is 15.6 Å². The zero-order valence-corrected chi connectivity index (χ0v) is 15.8. The van der Waals surface area contributed by atoms with Crippen LogP contribution >= 0.6 is 0 Å². The molecule has 7 nitrogen and oxygen atoms in total. The highest BCUT2D eigenvalue weighted by molar-refractivity contribution is 7.89. The number of nitrogens with one attached hydrogen (secondary N) is 2. The van der Waals surface area contributed by atoms with Crippen molar-refractivity contribution in [2.45, 2.75) is 25.2 Å². The second-order valence-electron chi connectivity index (χ2n) is 5.61. The molecule has 1 aromatic heterocycles. The van der Waals surface area contributed by atoms with Gasteiger partial charge in [0.15, 0.2) is 0 Å². The topological polar surface area (TPSA) is 91.4 Å². The monoisotopic (exact) mass is 376 g/mol. The second-order valence-corrected chi connectivity index (χ2v) is 7.54. The molecule has 0 radical (unpaired) electrons. The number of urea groups is 1. The minimum atomic E-state index is -3.49. The maximum absolute atomic E-state index is 12.4. The third kappa shape index (κ3) is 5.27. The number of aromatic nitrogens is 1. The summed E-state index contributed by atoms with van der Waals surface area (Å²) in [6, 6.07) is 9.62. The molecule has 0 fully saturated rings. The zero-order chi connectivity index (χ0) is 19.0. The zero-order valence-electron chi connectivity index (χ0n) is 15.0. The number of hydrogen-bond acceptors (Lipinski definition) is 4. The van der Waals surface area contributed by atoms with Gasteiger partial charge in [-0.05, 0) is 42.3 Å². The molecule has 0 unspecified atom stereocenters. The van der Waals surface area contributed by atoms with Crippen LogP contribution < -0.4 is 10.6 Å². The first-order valence-electron chi connectivity index (χ1n) is 8.51. The highest BCUT2D eigenvalue weighted by Gasteiger charge is 2.21. The van der Waals surface area contributed by atoms with E-state index in [0.717, 1.165) is 5.56 Å². The minimum Gasteiger partial charge on any atom is -0.338 e. The molecular formula is C18H24N4O3S. The number of nitrogens with zero attached hydrogens (tertiary/aromatic N) is 2. The van der Waals surface area contributed by atoms with E-state index in [9.17, 15) is 13.2 Å². The molecule has 0 aliphatic carbocycles. The lowest BCUT2D eigenvalue weighted by atomic mass is 10.2. The summed E-state index contributed by atoms with van der Waals surface area (Å²) in [7, 11) is -3.49. The molecule has 0 saturated heterocycles. The fourth-order valence-electron chi connectivity index (χ4n) is 2.46. The summed E-state index contributed by atoms with van der Waals surface area (Å²) in [5.41, 5.74) is 1.57. The Morgan fingerprint density at radius 2 is 1.81 bits per heavy atom. The van der Waals surface area contributed by atoms with Crippen molar-refractivity contribution in [3.05, 3.63) is 54.4 Å². The summed E-state index contributed by atoms with van der Waals surface area (Å²) in [6.45, 7) is 4.90. The number of amides is 2. The Morgan fingerprint density at radius 3 is 2.38 bits per heavy atom. The van der Waals surface area contributed by atoms with E-state index in [1.54, 1.807) is 38.4 Å². The second kappa shape index (κ2) is 9.30. The van der Waals surface area contributed by atoms with Gasteiger partial charge in [-0.3, -0.25) is 4.98 Å².